The fourth-order valence-electron chi connectivity index (χ4n) is 2.39. The fourth-order valence-corrected chi connectivity index (χ4v) is 3.43. The fraction of sp³-hybridized carbons (Fsp3) is 0.222. The van der Waals surface area contributed by atoms with Crippen LogP contribution in [0.3, 0.4) is 0 Å². The highest BCUT2D eigenvalue weighted by molar-refractivity contribution is 9.10. The number of halogens is 1. The largest absolute Gasteiger partial charge is 0.497 e. The molecule has 0 saturated heterocycles. The third kappa shape index (κ3) is 4.86. The first-order valence-corrected chi connectivity index (χ1v) is 10.0. The first-order valence-electron chi connectivity index (χ1n) is 8.22. The van der Waals surface area contributed by atoms with E-state index in [9.17, 15) is 4.79 Å². The van der Waals surface area contributed by atoms with Crippen molar-refractivity contribution >= 4 is 39.4 Å². The number of aromatic nitrogens is 4. The van der Waals surface area contributed by atoms with E-state index in [0.29, 0.717) is 17.5 Å². The van der Waals surface area contributed by atoms with E-state index in [2.05, 4.69) is 36.4 Å². The first kappa shape index (κ1) is 19.4. The van der Waals surface area contributed by atoms with Gasteiger partial charge in [0.25, 0.3) is 0 Å². The molecule has 1 N–H and O–H groups in total. The van der Waals surface area contributed by atoms with Crippen molar-refractivity contribution in [2.24, 2.45) is 0 Å². The maximum atomic E-state index is 12.2. The first-order chi connectivity index (χ1) is 13.1. The minimum Gasteiger partial charge on any atom is -0.497 e. The third-order valence-corrected chi connectivity index (χ3v) is 5.14. The molecule has 0 bridgehead atoms. The predicted molar refractivity (Wildman–Crippen MR) is 109 cm³/mol. The van der Waals surface area contributed by atoms with Gasteiger partial charge in [0.2, 0.25) is 5.91 Å². The standard InChI is InChI=1S/C18H18BrN5O2S/c1-3-24-17(12-4-7-14(26-2)8-5-12)22-23-18(24)27-11-16(25)21-15-9-6-13(19)10-20-15/h4-10H,3,11H2,1-2H3,(H,20,21,25). The van der Waals surface area contributed by atoms with Gasteiger partial charge >= 0.3 is 0 Å². The van der Waals surface area contributed by atoms with Crippen LogP contribution in [0.15, 0.2) is 52.2 Å². The van der Waals surface area contributed by atoms with Crippen LogP contribution in [0.1, 0.15) is 6.92 Å². The number of pyridine rings is 1. The number of methoxy groups -OCH3 is 1. The molecular weight excluding hydrogens is 430 g/mol. The number of hydrogen-bond acceptors (Lipinski definition) is 6. The monoisotopic (exact) mass is 447 g/mol. The van der Waals surface area contributed by atoms with E-state index >= 15 is 0 Å². The minimum absolute atomic E-state index is 0.147. The highest BCUT2D eigenvalue weighted by Crippen LogP contribution is 2.25. The maximum absolute atomic E-state index is 12.2. The summed E-state index contributed by atoms with van der Waals surface area (Å²) < 4.78 is 8.03. The second-order valence-electron chi connectivity index (χ2n) is 5.48. The van der Waals surface area contributed by atoms with Crippen LogP contribution in [0, 0.1) is 0 Å². The van der Waals surface area contributed by atoms with Crippen LogP contribution in [0.4, 0.5) is 5.82 Å². The normalized spacial score (nSPS) is 10.6. The van der Waals surface area contributed by atoms with Crippen molar-refractivity contribution in [3.63, 3.8) is 0 Å². The average molecular weight is 448 g/mol. The topological polar surface area (TPSA) is 81.9 Å². The Kier molecular flexibility index (Phi) is 6.46. The molecule has 7 nitrogen and oxygen atoms in total. The van der Waals surface area contributed by atoms with Gasteiger partial charge in [0, 0.05) is 22.8 Å². The van der Waals surface area contributed by atoms with E-state index in [-0.39, 0.29) is 11.7 Å². The van der Waals surface area contributed by atoms with Crippen molar-refractivity contribution in [2.45, 2.75) is 18.6 Å². The smallest absolute Gasteiger partial charge is 0.236 e. The molecule has 140 valence electrons. The number of anilines is 1. The number of carbonyl (C=O) groups excluding carboxylic acids is 1. The molecule has 9 heteroatoms. The molecule has 2 aromatic heterocycles. The SMILES string of the molecule is CCn1c(SCC(=O)Nc2ccc(Br)cn2)nnc1-c1ccc(OC)cc1. The summed E-state index contributed by atoms with van der Waals surface area (Å²) in [4.78, 5) is 16.3. The van der Waals surface area contributed by atoms with Crippen LogP contribution in [0.25, 0.3) is 11.4 Å². The highest BCUT2D eigenvalue weighted by atomic mass is 79.9. The lowest BCUT2D eigenvalue weighted by molar-refractivity contribution is -0.113. The van der Waals surface area contributed by atoms with Crippen LogP contribution in [0.5, 0.6) is 5.75 Å². The number of thioether (sulfide) groups is 1. The van der Waals surface area contributed by atoms with Gasteiger partial charge in [-0.1, -0.05) is 11.8 Å². The summed E-state index contributed by atoms with van der Waals surface area (Å²) in [6.07, 6.45) is 1.64. The zero-order valence-electron chi connectivity index (χ0n) is 14.8. The van der Waals surface area contributed by atoms with Gasteiger partial charge in [0.1, 0.15) is 11.6 Å². The second-order valence-corrected chi connectivity index (χ2v) is 7.34. The molecule has 0 fully saturated rings. The lowest BCUT2D eigenvalue weighted by atomic mass is 10.2. The Hall–Kier alpha value is -2.39. The summed E-state index contributed by atoms with van der Waals surface area (Å²) in [5.74, 6) is 2.14. The molecule has 2 heterocycles. The maximum Gasteiger partial charge on any atom is 0.236 e. The van der Waals surface area contributed by atoms with E-state index in [4.69, 9.17) is 4.74 Å². The molecule has 1 aromatic carbocycles. The van der Waals surface area contributed by atoms with Crippen molar-refractivity contribution in [3.8, 4) is 17.1 Å². The van der Waals surface area contributed by atoms with Crippen molar-refractivity contribution in [1.82, 2.24) is 19.7 Å². The molecular formula is C18H18BrN5O2S. The van der Waals surface area contributed by atoms with Crippen molar-refractivity contribution in [3.05, 3.63) is 47.1 Å². The van der Waals surface area contributed by atoms with Gasteiger partial charge in [-0.15, -0.1) is 10.2 Å². The summed E-state index contributed by atoms with van der Waals surface area (Å²) in [5.41, 5.74) is 0.945. The summed E-state index contributed by atoms with van der Waals surface area (Å²) in [6.45, 7) is 2.72. The number of nitrogens with zero attached hydrogens (tertiary/aromatic N) is 4. The molecule has 0 aliphatic carbocycles. The van der Waals surface area contributed by atoms with Gasteiger partial charge < -0.3 is 14.6 Å². The molecule has 0 unspecified atom stereocenters. The van der Waals surface area contributed by atoms with Gasteiger partial charge in [-0.25, -0.2) is 4.98 Å². The van der Waals surface area contributed by atoms with Crippen molar-refractivity contribution in [1.29, 1.82) is 0 Å². The lowest BCUT2D eigenvalue weighted by Crippen LogP contribution is -2.15. The number of amides is 1. The van der Waals surface area contributed by atoms with Gasteiger partial charge in [-0.2, -0.15) is 0 Å². The number of carbonyl (C=O) groups is 1. The Morgan fingerprint density at radius 2 is 2.00 bits per heavy atom. The molecule has 27 heavy (non-hydrogen) atoms. The molecule has 0 atom stereocenters. The number of rotatable bonds is 7. The zero-order chi connectivity index (χ0) is 19.2. The van der Waals surface area contributed by atoms with Crippen LogP contribution in [-0.4, -0.2) is 38.5 Å². The predicted octanol–water partition coefficient (Wildman–Crippen LogP) is 3.86. The molecule has 0 aliphatic heterocycles. The number of hydrogen-bond donors (Lipinski definition) is 1. The minimum atomic E-state index is -0.147. The molecule has 0 aliphatic rings. The average Bonchev–Trinajstić information content (AvgIpc) is 3.11. The van der Waals surface area contributed by atoms with E-state index in [1.54, 1.807) is 19.4 Å². The molecule has 3 rings (SSSR count). The number of benzene rings is 1. The van der Waals surface area contributed by atoms with Gasteiger partial charge in [0.15, 0.2) is 11.0 Å². The Labute approximate surface area is 169 Å². The Morgan fingerprint density at radius 3 is 2.63 bits per heavy atom. The van der Waals surface area contributed by atoms with Crippen molar-refractivity contribution < 1.29 is 9.53 Å². The Morgan fingerprint density at radius 1 is 1.22 bits per heavy atom. The third-order valence-electron chi connectivity index (χ3n) is 3.71. The van der Waals surface area contributed by atoms with Gasteiger partial charge in [-0.3, -0.25) is 4.79 Å². The molecule has 3 aromatic rings. The summed E-state index contributed by atoms with van der Waals surface area (Å²) >= 11 is 4.65. The summed E-state index contributed by atoms with van der Waals surface area (Å²) in [7, 11) is 1.63. The summed E-state index contributed by atoms with van der Waals surface area (Å²) in [6, 6.07) is 11.2. The second kappa shape index (κ2) is 9.01. The van der Waals surface area contributed by atoms with Gasteiger partial charge in [-0.05, 0) is 59.3 Å². The van der Waals surface area contributed by atoms with Crippen LogP contribution < -0.4 is 10.1 Å². The van der Waals surface area contributed by atoms with Crippen LogP contribution in [-0.2, 0) is 11.3 Å². The Bertz CT molecular complexity index is 913. The van der Waals surface area contributed by atoms with E-state index in [0.717, 1.165) is 21.6 Å². The van der Waals surface area contributed by atoms with E-state index < -0.39 is 0 Å². The van der Waals surface area contributed by atoms with Gasteiger partial charge in [0.05, 0.1) is 12.9 Å². The number of ether oxygens (including phenoxy) is 1. The number of nitrogens with one attached hydrogen (secondary N) is 1. The van der Waals surface area contributed by atoms with E-state index in [1.807, 2.05) is 41.8 Å². The van der Waals surface area contributed by atoms with Crippen molar-refractivity contribution in [2.75, 3.05) is 18.2 Å². The van der Waals surface area contributed by atoms with Crippen LogP contribution in [0.2, 0.25) is 0 Å². The lowest BCUT2D eigenvalue weighted by Gasteiger charge is -2.08. The molecule has 0 saturated carbocycles. The van der Waals surface area contributed by atoms with Crippen LogP contribution >= 0.6 is 27.7 Å². The molecule has 0 spiro atoms. The zero-order valence-corrected chi connectivity index (χ0v) is 17.2. The summed E-state index contributed by atoms with van der Waals surface area (Å²) in [5, 5.41) is 12.0. The Balaban J connectivity index is 1.67. The highest BCUT2D eigenvalue weighted by Gasteiger charge is 2.15. The van der Waals surface area contributed by atoms with E-state index in [1.165, 1.54) is 11.8 Å². The quantitative estimate of drug-likeness (QED) is 0.553. The molecule has 0 radical (unpaired) electrons. The molecule has 1 amide bonds.